The van der Waals surface area contributed by atoms with Crippen LogP contribution in [0.3, 0.4) is 0 Å². The summed E-state index contributed by atoms with van der Waals surface area (Å²) in [5.74, 6) is -0.344. The molecule has 0 fully saturated rings. The minimum atomic E-state index is -0.965. The molecule has 1 heterocycles. The average molecular weight is 235 g/mol. The largest absolute Gasteiger partial charge is 0.497 e. The van der Waals surface area contributed by atoms with Crippen LogP contribution in [-0.2, 0) is 0 Å². The van der Waals surface area contributed by atoms with Crippen LogP contribution in [0.25, 0.3) is 10.6 Å². The number of carboxylic acids is 1. The molecule has 0 saturated heterocycles. The lowest BCUT2D eigenvalue weighted by atomic mass is 10.1. The van der Waals surface area contributed by atoms with Gasteiger partial charge in [0, 0.05) is 17.1 Å². The van der Waals surface area contributed by atoms with Crippen molar-refractivity contribution in [1.29, 1.82) is 0 Å². The van der Waals surface area contributed by atoms with Gasteiger partial charge in [-0.05, 0) is 18.2 Å². The molecule has 2 rings (SSSR count). The zero-order valence-electron chi connectivity index (χ0n) is 8.51. The zero-order chi connectivity index (χ0) is 11.5. The summed E-state index contributed by atoms with van der Waals surface area (Å²) in [6, 6.07) is 4.83. The number of hydrogen-bond acceptors (Lipinski definition) is 4. The molecule has 4 nitrogen and oxygen atoms in total. The molecule has 1 aromatic carbocycles. The SMILES string of the molecule is COc1ccc(C(=O)O)c(-c2nccs2)c1. The lowest BCUT2D eigenvalue weighted by Gasteiger charge is -2.05. The molecule has 1 N–H and O–H groups in total. The summed E-state index contributed by atoms with van der Waals surface area (Å²) in [5.41, 5.74) is 0.817. The lowest BCUT2D eigenvalue weighted by Crippen LogP contribution is -1.99. The Morgan fingerprint density at radius 3 is 2.88 bits per heavy atom. The van der Waals surface area contributed by atoms with Crippen molar-refractivity contribution in [3.8, 4) is 16.3 Å². The van der Waals surface area contributed by atoms with Crippen LogP contribution < -0.4 is 4.74 Å². The molecule has 82 valence electrons. The van der Waals surface area contributed by atoms with E-state index in [-0.39, 0.29) is 5.56 Å². The molecular formula is C11H9NO3S. The Hall–Kier alpha value is -1.88. The number of benzene rings is 1. The van der Waals surface area contributed by atoms with Crippen LogP contribution in [0.1, 0.15) is 10.4 Å². The van der Waals surface area contributed by atoms with E-state index >= 15 is 0 Å². The molecule has 16 heavy (non-hydrogen) atoms. The Morgan fingerprint density at radius 2 is 2.31 bits per heavy atom. The first-order valence-electron chi connectivity index (χ1n) is 4.53. The van der Waals surface area contributed by atoms with Crippen molar-refractivity contribution in [3.63, 3.8) is 0 Å². The van der Waals surface area contributed by atoms with Crippen LogP contribution >= 0.6 is 11.3 Å². The van der Waals surface area contributed by atoms with Crippen molar-refractivity contribution in [3.05, 3.63) is 35.3 Å². The van der Waals surface area contributed by atoms with Crippen molar-refractivity contribution in [2.45, 2.75) is 0 Å². The van der Waals surface area contributed by atoms with E-state index in [1.165, 1.54) is 17.4 Å². The number of nitrogens with zero attached hydrogens (tertiary/aromatic N) is 1. The van der Waals surface area contributed by atoms with Gasteiger partial charge in [-0.1, -0.05) is 0 Å². The Balaban J connectivity index is 2.59. The number of rotatable bonds is 3. The monoisotopic (exact) mass is 235 g/mol. The minimum absolute atomic E-state index is 0.232. The minimum Gasteiger partial charge on any atom is -0.497 e. The van der Waals surface area contributed by atoms with E-state index in [1.54, 1.807) is 30.8 Å². The van der Waals surface area contributed by atoms with E-state index in [9.17, 15) is 4.79 Å². The first-order chi connectivity index (χ1) is 7.72. The van der Waals surface area contributed by atoms with Crippen molar-refractivity contribution >= 4 is 17.3 Å². The third kappa shape index (κ3) is 1.90. The van der Waals surface area contributed by atoms with Crippen LogP contribution in [0.2, 0.25) is 0 Å². The molecule has 0 aliphatic carbocycles. The van der Waals surface area contributed by atoms with E-state index in [1.807, 2.05) is 0 Å². The van der Waals surface area contributed by atoms with Crippen molar-refractivity contribution in [2.75, 3.05) is 7.11 Å². The van der Waals surface area contributed by atoms with Gasteiger partial charge in [0.05, 0.1) is 12.7 Å². The first-order valence-corrected chi connectivity index (χ1v) is 5.41. The molecule has 0 radical (unpaired) electrons. The molecule has 5 heteroatoms. The Bertz CT molecular complexity index is 508. The van der Waals surface area contributed by atoms with Gasteiger partial charge in [0.25, 0.3) is 0 Å². The van der Waals surface area contributed by atoms with E-state index in [0.29, 0.717) is 16.3 Å². The van der Waals surface area contributed by atoms with E-state index in [2.05, 4.69) is 4.98 Å². The highest BCUT2D eigenvalue weighted by Gasteiger charge is 2.14. The fourth-order valence-electron chi connectivity index (χ4n) is 1.37. The van der Waals surface area contributed by atoms with Gasteiger partial charge < -0.3 is 9.84 Å². The topological polar surface area (TPSA) is 59.4 Å². The maximum atomic E-state index is 11.1. The van der Waals surface area contributed by atoms with Gasteiger partial charge in [0.2, 0.25) is 0 Å². The molecule has 0 amide bonds. The van der Waals surface area contributed by atoms with Gasteiger partial charge in [-0.25, -0.2) is 9.78 Å². The van der Waals surface area contributed by atoms with Crippen molar-refractivity contribution < 1.29 is 14.6 Å². The molecule has 0 bridgehead atoms. The normalized spacial score (nSPS) is 10.1. The second kappa shape index (κ2) is 4.32. The third-order valence-electron chi connectivity index (χ3n) is 2.12. The summed E-state index contributed by atoms with van der Waals surface area (Å²) >= 11 is 1.40. The quantitative estimate of drug-likeness (QED) is 0.888. The highest BCUT2D eigenvalue weighted by molar-refractivity contribution is 7.13. The number of carboxylic acid groups (broad SMARTS) is 1. The summed E-state index contributed by atoms with van der Waals surface area (Å²) in [4.78, 5) is 15.2. The molecule has 0 saturated carbocycles. The summed E-state index contributed by atoms with van der Waals surface area (Å²) in [6.45, 7) is 0. The Labute approximate surface area is 96.1 Å². The standard InChI is InChI=1S/C11H9NO3S/c1-15-7-2-3-8(11(13)14)9(6-7)10-12-4-5-16-10/h2-6H,1H3,(H,13,14). The second-order valence-corrected chi connectivity index (χ2v) is 3.95. The molecule has 0 aliphatic heterocycles. The van der Waals surface area contributed by atoms with Gasteiger partial charge in [-0.3, -0.25) is 0 Å². The van der Waals surface area contributed by atoms with Crippen LogP contribution in [0.5, 0.6) is 5.75 Å². The molecule has 0 atom stereocenters. The second-order valence-electron chi connectivity index (χ2n) is 3.05. The van der Waals surface area contributed by atoms with Crippen molar-refractivity contribution in [2.24, 2.45) is 0 Å². The predicted octanol–water partition coefficient (Wildman–Crippen LogP) is 2.52. The van der Waals surface area contributed by atoms with Gasteiger partial charge in [0.15, 0.2) is 0 Å². The van der Waals surface area contributed by atoms with Crippen LogP contribution in [0.15, 0.2) is 29.8 Å². The number of methoxy groups -OCH3 is 1. The van der Waals surface area contributed by atoms with Crippen LogP contribution in [0, 0.1) is 0 Å². The number of hydrogen-bond donors (Lipinski definition) is 1. The number of aromatic carboxylic acids is 1. The van der Waals surface area contributed by atoms with E-state index in [4.69, 9.17) is 9.84 Å². The summed E-state index contributed by atoms with van der Waals surface area (Å²) in [6.07, 6.45) is 1.64. The number of aromatic nitrogens is 1. The smallest absolute Gasteiger partial charge is 0.336 e. The molecule has 2 aromatic rings. The predicted molar refractivity (Wildman–Crippen MR) is 61.1 cm³/mol. The van der Waals surface area contributed by atoms with Crippen LogP contribution in [0.4, 0.5) is 0 Å². The maximum Gasteiger partial charge on any atom is 0.336 e. The van der Waals surface area contributed by atoms with E-state index < -0.39 is 5.97 Å². The fourth-order valence-corrected chi connectivity index (χ4v) is 2.04. The lowest BCUT2D eigenvalue weighted by molar-refractivity contribution is 0.0697. The number of thiazole rings is 1. The van der Waals surface area contributed by atoms with E-state index in [0.717, 1.165) is 0 Å². The molecule has 0 aliphatic rings. The summed E-state index contributed by atoms with van der Waals surface area (Å²) in [5, 5.41) is 11.5. The molecule has 0 spiro atoms. The van der Waals surface area contributed by atoms with Gasteiger partial charge in [-0.2, -0.15) is 0 Å². The van der Waals surface area contributed by atoms with Gasteiger partial charge in [0.1, 0.15) is 10.8 Å². The average Bonchev–Trinajstić information content (AvgIpc) is 2.81. The summed E-state index contributed by atoms with van der Waals surface area (Å²) in [7, 11) is 1.54. The zero-order valence-corrected chi connectivity index (χ0v) is 9.32. The molecule has 0 unspecified atom stereocenters. The molecule has 1 aromatic heterocycles. The number of carbonyl (C=O) groups is 1. The first kappa shape index (κ1) is 10.6. The maximum absolute atomic E-state index is 11.1. The summed E-state index contributed by atoms with van der Waals surface area (Å²) < 4.78 is 5.07. The third-order valence-corrected chi connectivity index (χ3v) is 2.93. The van der Waals surface area contributed by atoms with Crippen molar-refractivity contribution in [1.82, 2.24) is 4.98 Å². The molecular weight excluding hydrogens is 226 g/mol. The Morgan fingerprint density at radius 1 is 1.50 bits per heavy atom. The number of ether oxygens (including phenoxy) is 1. The van der Waals surface area contributed by atoms with Crippen LogP contribution in [-0.4, -0.2) is 23.2 Å². The Kier molecular flexibility index (Phi) is 2.87. The van der Waals surface area contributed by atoms with Gasteiger partial charge >= 0.3 is 5.97 Å². The van der Waals surface area contributed by atoms with Gasteiger partial charge in [-0.15, -0.1) is 11.3 Å². The highest BCUT2D eigenvalue weighted by Crippen LogP contribution is 2.29. The highest BCUT2D eigenvalue weighted by atomic mass is 32.1. The fraction of sp³-hybridized carbons (Fsp3) is 0.0909.